The van der Waals surface area contributed by atoms with Crippen LogP contribution in [0.4, 0.5) is 0 Å². The molecule has 0 spiro atoms. The van der Waals surface area contributed by atoms with Gasteiger partial charge < -0.3 is 4.57 Å². The molecule has 136 valence electrons. The zero-order valence-corrected chi connectivity index (χ0v) is 18.2. The lowest BCUT2D eigenvalue weighted by Crippen LogP contribution is -2.27. The Kier molecular flexibility index (Phi) is 6.73. The second-order valence-corrected chi connectivity index (χ2v) is 9.88. The van der Waals surface area contributed by atoms with Crippen LogP contribution < -0.4 is 0 Å². The molecule has 2 aromatic carbocycles. The molecule has 0 amide bonds. The summed E-state index contributed by atoms with van der Waals surface area (Å²) in [6, 6.07) is 14.1. The Balaban J connectivity index is 1.81. The van der Waals surface area contributed by atoms with Gasteiger partial charge in [-0.1, -0.05) is 51.3 Å². The minimum atomic E-state index is -0.0535. The van der Waals surface area contributed by atoms with E-state index in [-0.39, 0.29) is 4.75 Å². The third-order valence-corrected chi connectivity index (χ3v) is 6.77. The minimum absolute atomic E-state index is 0.0535. The number of aryl methyl sites for hydroxylation is 1. The number of rotatable bonds is 7. The third kappa shape index (κ3) is 5.53. The van der Waals surface area contributed by atoms with Gasteiger partial charge in [-0.25, -0.2) is 4.98 Å². The molecular formula is C20H19BrCl2N2S. The van der Waals surface area contributed by atoms with E-state index in [0.29, 0.717) is 5.02 Å². The van der Waals surface area contributed by atoms with Gasteiger partial charge in [0.25, 0.3) is 0 Å². The summed E-state index contributed by atoms with van der Waals surface area (Å²) >= 11 is 17.9. The molecule has 0 aliphatic carbocycles. The van der Waals surface area contributed by atoms with E-state index in [2.05, 4.69) is 56.7 Å². The van der Waals surface area contributed by atoms with Crippen molar-refractivity contribution in [2.75, 3.05) is 0 Å². The summed E-state index contributed by atoms with van der Waals surface area (Å²) in [5, 5.41) is 1.44. The molecule has 1 aromatic heterocycles. The second-order valence-electron chi connectivity index (χ2n) is 6.49. The fourth-order valence-electron chi connectivity index (χ4n) is 2.81. The number of nitrogens with zero attached hydrogens (tertiary/aromatic N) is 2. The summed E-state index contributed by atoms with van der Waals surface area (Å²) < 4.78 is 3.16. The van der Waals surface area contributed by atoms with Gasteiger partial charge in [-0.3, -0.25) is 0 Å². The molecule has 1 unspecified atom stereocenters. The molecule has 1 atom stereocenters. The molecule has 26 heavy (non-hydrogen) atoms. The van der Waals surface area contributed by atoms with Crippen molar-refractivity contribution in [2.45, 2.75) is 36.0 Å². The first-order chi connectivity index (χ1) is 12.4. The Morgan fingerprint density at radius 1 is 1.15 bits per heavy atom. The van der Waals surface area contributed by atoms with Crippen molar-refractivity contribution < 1.29 is 0 Å². The Morgan fingerprint density at radius 3 is 2.62 bits per heavy atom. The second kappa shape index (κ2) is 8.83. The van der Waals surface area contributed by atoms with E-state index in [1.165, 1.54) is 5.56 Å². The molecule has 6 heteroatoms. The first-order valence-electron chi connectivity index (χ1n) is 8.28. The van der Waals surface area contributed by atoms with E-state index >= 15 is 0 Å². The lowest BCUT2D eigenvalue weighted by Gasteiger charge is -2.30. The van der Waals surface area contributed by atoms with E-state index in [1.54, 1.807) is 11.8 Å². The van der Waals surface area contributed by atoms with Crippen molar-refractivity contribution in [1.82, 2.24) is 9.55 Å². The zero-order chi connectivity index (χ0) is 18.6. The van der Waals surface area contributed by atoms with Crippen LogP contribution in [0.3, 0.4) is 0 Å². The van der Waals surface area contributed by atoms with Crippen LogP contribution in [0.25, 0.3) is 0 Å². The zero-order valence-electron chi connectivity index (χ0n) is 14.3. The van der Waals surface area contributed by atoms with Gasteiger partial charge in [0.1, 0.15) is 0 Å². The summed E-state index contributed by atoms with van der Waals surface area (Å²) in [7, 11) is 0. The Bertz CT molecular complexity index is 853. The van der Waals surface area contributed by atoms with Gasteiger partial charge >= 0.3 is 0 Å². The van der Waals surface area contributed by atoms with Crippen molar-refractivity contribution in [3.63, 3.8) is 0 Å². The average molecular weight is 470 g/mol. The maximum absolute atomic E-state index is 6.41. The summed E-state index contributed by atoms with van der Waals surface area (Å²) in [6.45, 7) is 3.12. The standard InChI is InChI=1S/C20H19BrCl2N2S/c1-20(13-25-11-10-24-14-25,9-8-15-2-4-16(21)5-3-15)26-19-12-17(22)6-7-18(19)23/h2-7,10-12,14H,8-9,13H2,1H3. The monoisotopic (exact) mass is 468 g/mol. The van der Waals surface area contributed by atoms with Crippen LogP contribution in [-0.4, -0.2) is 14.3 Å². The van der Waals surface area contributed by atoms with Crippen LogP contribution in [0.5, 0.6) is 0 Å². The van der Waals surface area contributed by atoms with Gasteiger partial charge in [-0.2, -0.15) is 0 Å². The smallest absolute Gasteiger partial charge is 0.0946 e. The quantitative estimate of drug-likeness (QED) is 0.342. The molecule has 3 aromatic rings. The van der Waals surface area contributed by atoms with Gasteiger partial charge in [0.05, 0.1) is 11.3 Å². The molecule has 0 aliphatic rings. The number of aromatic nitrogens is 2. The van der Waals surface area contributed by atoms with E-state index in [9.17, 15) is 0 Å². The summed E-state index contributed by atoms with van der Waals surface area (Å²) in [5.74, 6) is 0. The van der Waals surface area contributed by atoms with E-state index in [4.69, 9.17) is 23.2 Å². The Labute approximate surface area is 177 Å². The molecule has 0 N–H and O–H groups in total. The largest absolute Gasteiger partial charge is 0.336 e. The van der Waals surface area contributed by atoms with Crippen molar-refractivity contribution >= 4 is 50.9 Å². The molecule has 2 nitrogen and oxygen atoms in total. The normalized spacial score (nSPS) is 13.5. The van der Waals surface area contributed by atoms with E-state index in [1.807, 2.05) is 36.9 Å². The average Bonchev–Trinajstić information content (AvgIpc) is 3.10. The molecular weight excluding hydrogens is 451 g/mol. The first-order valence-corrected chi connectivity index (χ1v) is 10.6. The predicted octanol–water partition coefficient (Wildman–Crippen LogP) is 7.14. The van der Waals surface area contributed by atoms with E-state index < -0.39 is 0 Å². The lowest BCUT2D eigenvalue weighted by molar-refractivity contribution is 0.495. The Morgan fingerprint density at radius 2 is 1.92 bits per heavy atom. The number of thioether (sulfide) groups is 1. The summed E-state index contributed by atoms with van der Waals surface area (Å²) in [5.41, 5.74) is 1.32. The van der Waals surface area contributed by atoms with Gasteiger partial charge in [-0.15, -0.1) is 11.8 Å². The van der Waals surface area contributed by atoms with Crippen LogP contribution in [0.15, 0.2) is 70.6 Å². The highest BCUT2D eigenvalue weighted by molar-refractivity contribution is 9.10. The van der Waals surface area contributed by atoms with Crippen LogP contribution in [0.1, 0.15) is 18.9 Å². The van der Waals surface area contributed by atoms with E-state index in [0.717, 1.165) is 33.8 Å². The maximum atomic E-state index is 6.41. The van der Waals surface area contributed by atoms with Crippen LogP contribution in [-0.2, 0) is 13.0 Å². The topological polar surface area (TPSA) is 17.8 Å². The molecule has 0 radical (unpaired) electrons. The highest BCUT2D eigenvalue weighted by Gasteiger charge is 2.27. The van der Waals surface area contributed by atoms with Crippen LogP contribution in [0.2, 0.25) is 10.0 Å². The van der Waals surface area contributed by atoms with Crippen molar-refractivity contribution in [3.05, 3.63) is 81.3 Å². The fraction of sp³-hybridized carbons (Fsp3) is 0.250. The summed E-state index contributed by atoms with van der Waals surface area (Å²) in [6.07, 6.45) is 7.66. The fourth-order valence-corrected chi connectivity index (χ4v) is 4.84. The molecule has 0 saturated heterocycles. The molecule has 0 bridgehead atoms. The molecule has 0 aliphatic heterocycles. The van der Waals surface area contributed by atoms with Crippen molar-refractivity contribution in [1.29, 1.82) is 0 Å². The van der Waals surface area contributed by atoms with Crippen LogP contribution >= 0.6 is 50.9 Å². The molecule has 0 saturated carbocycles. The predicted molar refractivity (Wildman–Crippen MR) is 115 cm³/mol. The number of halogens is 3. The van der Waals surface area contributed by atoms with Gasteiger partial charge in [0, 0.05) is 38.1 Å². The summed E-state index contributed by atoms with van der Waals surface area (Å²) in [4.78, 5) is 5.19. The van der Waals surface area contributed by atoms with Gasteiger partial charge in [0.2, 0.25) is 0 Å². The number of hydrogen-bond acceptors (Lipinski definition) is 2. The number of benzene rings is 2. The highest BCUT2D eigenvalue weighted by Crippen LogP contribution is 2.42. The van der Waals surface area contributed by atoms with Crippen molar-refractivity contribution in [2.24, 2.45) is 0 Å². The first kappa shape index (κ1) is 19.8. The Hall–Kier alpha value is -0.940. The minimum Gasteiger partial charge on any atom is -0.336 e. The van der Waals surface area contributed by atoms with Gasteiger partial charge in [0.15, 0.2) is 0 Å². The number of imidazole rings is 1. The van der Waals surface area contributed by atoms with Gasteiger partial charge in [-0.05, 0) is 55.7 Å². The lowest BCUT2D eigenvalue weighted by atomic mass is 10.00. The third-order valence-electron chi connectivity index (χ3n) is 4.18. The van der Waals surface area contributed by atoms with Crippen LogP contribution in [0, 0.1) is 0 Å². The maximum Gasteiger partial charge on any atom is 0.0946 e. The number of hydrogen-bond donors (Lipinski definition) is 0. The highest BCUT2D eigenvalue weighted by atomic mass is 79.9. The SMILES string of the molecule is CC(CCc1ccc(Br)cc1)(Cn1ccnc1)Sc1cc(Cl)ccc1Cl. The molecule has 3 rings (SSSR count). The van der Waals surface area contributed by atoms with Crippen molar-refractivity contribution in [3.8, 4) is 0 Å². The molecule has 0 fully saturated rings. The molecule has 1 heterocycles.